The minimum Gasteiger partial charge on any atom is -0.444 e. The molecule has 2 aromatic heterocycles. The van der Waals surface area contributed by atoms with Crippen LogP contribution < -0.4 is 5.32 Å². The molecule has 21 heavy (non-hydrogen) atoms. The molecule has 0 aliphatic rings. The van der Waals surface area contributed by atoms with Gasteiger partial charge in [0.05, 0.1) is 11.0 Å². The van der Waals surface area contributed by atoms with E-state index in [2.05, 4.69) is 31.2 Å². The Kier molecular flexibility index (Phi) is 3.76. The first-order valence-electron chi connectivity index (χ1n) is 6.20. The number of H-pyrrole nitrogens is 1. The van der Waals surface area contributed by atoms with Crippen molar-refractivity contribution in [2.45, 2.75) is 6.61 Å². The van der Waals surface area contributed by atoms with Gasteiger partial charge >= 0.3 is 0 Å². The van der Waals surface area contributed by atoms with Crippen molar-refractivity contribution in [2.24, 2.45) is 0 Å². The van der Waals surface area contributed by atoms with Crippen LogP contribution in [0.5, 0.6) is 0 Å². The van der Waals surface area contributed by atoms with E-state index >= 15 is 0 Å². The van der Waals surface area contributed by atoms with Gasteiger partial charge in [-0.25, -0.2) is 4.98 Å². The first-order chi connectivity index (χ1) is 10.2. The number of imidazole rings is 1. The van der Waals surface area contributed by atoms with Crippen molar-refractivity contribution in [3.8, 4) is 0 Å². The predicted octanol–water partition coefficient (Wildman–Crippen LogP) is 3.32. The molecular formula is C14H12BrN3O3. The zero-order valence-corrected chi connectivity index (χ0v) is 12.7. The van der Waals surface area contributed by atoms with Crippen LogP contribution in [0.4, 0.5) is 5.69 Å². The second-order valence-corrected chi connectivity index (χ2v) is 5.19. The van der Waals surface area contributed by atoms with Gasteiger partial charge in [0.1, 0.15) is 12.4 Å². The number of hydrogen-bond donors (Lipinski definition) is 2. The summed E-state index contributed by atoms with van der Waals surface area (Å²) in [6, 6.07) is 8.71. The Morgan fingerprint density at radius 2 is 2.29 bits per heavy atom. The average molecular weight is 350 g/mol. The van der Waals surface area contributed by atoms with E-state index < -0.39 is 0 Å². The Hall–Kier alpha value is -2.12. The van der Waals surface area contributed by atoms with E-state index in [0.29, 0.717) is 17.0 Å². The van der Waals surface area contributed by atoms with Gasteiger partial charge < -0.3 is 19.5 Å². The van der Waals surface area contributed by atoms with Crippen LogP contribution in [0.15, 0.2) is 39.4 Å². The number of hydrogen-bond acceptors (Lipinski definition) is 4. The number of ether oxygens (including phenoxy) is 1. The van der Waals surface area contributed by atoms with Crippen LogP contribution >= 0.6 is 15.9 Å². The van der Waals surface area contributed by atoms with Crippen molar-refractivity contribution >= 4 is 38.6 Å². The van der Waals surface area contributed by atoms with E-state index in [-0.39, 0.29) is 11.7 Å². The molecule has 6 nitrogen and oxygen atoms in total. The Bertz CT molecular complexity index is 794. The molecule has 0 radical (unpaired) electrons. The van der Waals surface area contributed by atoms with E-state index in [1.165, 1.54) is 0 Å². The smallest absolute Gasteiger partial charge is 0.291 e. The number of nitrogens with zero attached hydrogens (tertiary/aromatic N) is 1. The van der Waals surface area contributed by atoms with E-state index in [4.69, 9.17) is 9.15 Å². The summed E-state index contributed by atoms with van der Waals surface area (Å²) < 4.78 is 10.8. The molecular weight excluding hydrogens is 338 g/mol. The van der Waals surface area contributed by atoms with Crippen molar-refractivity contribution in [2.75, 3.05) is 12.4 Å². The third kappa shape index (κ3) is 2.98. The lowest BCUT2D eigenvalue weighted by Crippen LogP contribution is -2.10. The Labute approximate surface area is 128 Å². The minimum absolute atomic E-state index is 0.242. The number of furan rings is 1. The Morgan fingerprint density at radius 1 is 1.43 bits per heavy atom. The topological polar surface area (TPSA) is 80.2 Å². The zero-order chi connectivity index (χ0) is 14.8. The molecule has 0 spiro atoms. The summed E-state index contributed by atoms with van der Waals surface area (Å²) in [5.74, 6) is 0.675. The Morgan fingerprint density at radius 3 is 3.00 bits per heavy atom. The van der Waals surface area contributed by atoms with Gasteiger partial charge in [-0.05, 0) is 46.3 Å². The quantitative estimate of drug-likeness (QED) is 0.757. The van der Waals surface area contributed by atoms with Gasteiger partial charge in [0.2, 0.25) is 0 Å². The van der Waals surface area contributed by atoms with Gasteiger partial charge in [-0.2, -0.15) is 0 Å². The molecule has 0 atom stereocenters. The molecule has 1 amide bonds. The van der Waals surface area contributed by atoms with Crippen LogP contribution in [0.3, 0.4) is 0 Å². The SMILES string of the molecule is COCc1nc2ccc(NC(=O)c3ccc(Br)o3)cc2[nH]1. The molecule has 108 valence electrons. The van der Waals surface area contributed by atoms with Crippen molar-refractivity contribution in [3.05, 3.63) is 46.6 Å². The second kappa shape index (κ2) is 5.71. The van der Waals surface area contributed by atoms with Crippen LogP contribution in [-0.2, 0) is 11.3 Å². The van der Waals surface area contributed by atoms with Crippen LogP contribution in [-0.4, -0.2) is 23.0 Å². The number of methoxy groups -OCH3 is 1. The molecule has 0 saturated carbocycles. The number of aromatic amines is 1. The summed E-state index contributed by atoms with van der Waals surface area (Å²) in [5.41, 5.74) is 2.31. The number of fused-ring (bicyclic) bond motifs is 1. The van der Waals surface area contributed by atoms with E-state index in [1.54, 1.807) is 25.3 Å². The number of aromatic nitrogens is 2. The minimum atomic E-state index is -0.309. The first-order valence-corrected chi connectivity index (χ1v) is 6.99. The van der Waals surface area contributed by atoms with Gasteiger partial charge in [0, 0.05) is 12.8 Å². The number of carbonyl (C=O) groups is 1. The lowest BCUT2D eigenvalue weighted by molar-refractivity contribution is 0.0995. The molecule has 3 rings (SSSR count). The fourth-order valence-corrected chi connectivity index (χ4v) is 2.28. The molecule has 0 aliphatic heterocycles. The summed E-state index contributed by atoms with van der Waals surface area (Å²) in [6.07, 6.45) is 0. The summed E-state index contributed by atoms with van der Waals surface area (Å²) in [7, 11) is 1.61. The van der Waals surface area contributed by atoms with Gasteiger partial charge in [-0.1, -0.05) is 0 Å². The zero-order valence-electron chi connectivity index (χ0n) is 11.1. The van der Waals surface area contributed by atoms with Crippen LogP contribution in [0.1, 0.15) is 16.4 Å². The van der Waals surface area contributed by atoms with Crippen LogP contribution in [0, 0.1) is 0 Å². The number of amides is 1. The van der Waals surface area contributed by atoms with Crippen molar-refractivity contribution < 1.29 is 13.9 Å². The molecule has 0 bridgehead atoms. The van der Waals surface area contributed by atoms with Crippen LogP contribution in [0.2, 0.25) is 0 Å². The molecule has 0 saturated heterocycles. The second-order valence-electron chi connectivity index (χ2n) is 4.41. The number of anilines is 1. The third-order valence-electron chi connectivity index (χ3n) is 2.87. The van der Waals surface area contributed by atoms with Crippen LogP contribution in [0.25, 0.3) is 11.0 Å². The standard InChI is InChI=1S/C14H12BrN3O3/c1-20-7-13-17-9-3-2-8(6-10(9)18-13)16-14(19)11-4-5-12(15)21-11/h2-6H,7H2,1H3,(H,16,19)(H,17,18). The average Bonchev–Trinajstić information content (AvgIpc) is 3.04. The predicted molar refractivity (Wildman–Crippen MR) is 81.2 cm³/mol. The largest absolute Gasteiger partial charge is 0.444 e. The lowest BCUT2D eigenvalue weighted by Gasteiger charge is -2.02. The molecule has 2 N–H and O–H groups in total. The van der Waals surface area contributed by atoms with Crippen molar-refractivity contribution in [1.29, 1.82) is 0 Å². The van der Waals surface area contributed by atoms with E-state index in [9.17, 15) is 4.79 Å². The number of nitrogens with one attached hydrogen (secondary N) is 2. The summed E-state index contributed by atoms with van der Waals surface area (Å²) in [4.78, 5) is 19.5. The molecule has 7 heteroatoms. The third-order valence-corrected chi connectivity index (χ3v) is 3.29. The number of rotatable bonds is 4. The van der Waals surface area contributed by atoms with Gasteiger partial charge in [0.15, 0.2) is 10.4 Å². The normalized spacial score (nSPS) is 11.0. The maximum atomic E-state index is 12.0. The molecule has 2 heterocycles. The summed E-state index contributed by atoms with van der Waals surface area (Å²) >= 11 is 3.16. The number of halogens is 1. The number of benzene rings is 1. The first kappa shape index (κ1) is 13.8. The highest BCUT2D eigenvalue weighted by atomic mass is 79.9. The fourth-order valence-electron chi connectivity index (χ4n) is 1.97. The number of carbonyl (C=O) groups excluding carboxylic acids is 1. The monoisotopic (exact) mass is 349 g/mol. The highest BCUT2D eigenvalue weighted by molar-refractivity contribution is 9.10. The van der Waals surface area contributed by atoms with Gasteiger partial charge in [0.25, 0.3) is 5.91 Å². The molecule has 0 fully saturated rings. The molecule has 1 aromatic carbocycles. The maximum absolute atomic E-state index is 12.0. The van der Waals surface area contributed by atoms with E-state index in [1.807, 2.05) is 12.1 Å². The highest BCUT2D eigenvalue weighted by Crippen LogP contribution is 2.19. The highest BCUT2D eigenvalue weighted by Gasteiger charge is 2.11. The molecule has 3 aromatic rings. The molecule has 0 aliphatic carbocycles. The Balaban J connectivity index is 1.82. The van der Waals surface area contributed by atoms with E-state index in [0.717, 1.165) is 16.9 Å². The summed E-state index contributed by atoms with van der Waals surface area (Å²) in [6.45, 7) is 0.413. The molecule has 0 unspecified atom stereocenters. The van der Waals surface area contributed by atoms with Crippen molar-refractivity contribution in [1.82, 2.24) is 9.97 Å². The summed E-state index contributed by atoms with van der Waals surface area (Å²) in [5, 5.41) is 2.77. The maximum Gasteiger partial charge on any atom is 0.291 e. The fraction of sp³-hybridized carbons (Fsp3) is 0.143. The van der Waals surface area contributed by atoms with Gasteiger partial charge in [-0.15, -0.1) is 0 Å². The van der Waals surface area contributed by atoms with Crippen molar-refractivity contribution in [3.63, 3.8) is 0 Å². The van der Waals surface area contributed by atoms with Gasteiger partial charge in [-0.3, -0.25) is 4.79 Å². The lowest BCUT2D eigenvalue weighted by atomic mass is 10.2.